The van der Waals surface area contributed by atoms with Gasteiger partial charge in [-0.25, -0.2) is 8.42 Å². The summed E-state index contributed by atoms with van der Waals surface area (Å²) in [5, 5.41) is 0. The number of ether oxygens (including phenoxy) is 1. The minimum atomic E-state index is -2.85. The summed E-state index contributed by atoms with van der Waals surface area (Å²) >= 11 is 0. The zero-order valence-electron chi connectivity index (χ0n) is 11.0. The zero-order chi connectivity index (χ0) is 13.1. The average molecular weight is 264 g/mol. The molecular formula is C11H24N2O3S. The van der Waals surface area contributed by atoms with Crippen molar-refractivity contribution in [1.82, 2.24) is 4.90 Å². The molecule has 1 rings (SSSR count). The van der Waals surface area contributed by atoms with Crippen LogP contribution in [0.1, 0.15) is 20.3 Å². The van der Waals surface area contributed by atoms with E-state index in [0.717, 1.165) is 0 Å². The topological polar surface area (TPSA) is 72.6 Å². The maximum atomic E-state index is 11.5. The van der Waals surface area contributed by atoms with Crippen LogP contribution >= 0.6 is 0 Å². The fourth-order valence-electron chi connectivity index (χ4n) is 2.15. The van der Waals surface area contributed by atoms with E-state index in [4.69, 9.17) is 10.5 Å². The third-order valence-corrected chi connectivity index (χ3v) is 5.41. The Morgan fingerprint density at radius 2 is 2.18 bits per heavy atom. The van der Waals surface area contributed by atoms with Crippen LogP contribution < -0.4 is 5.73 Å². The Morgan fingerprint density at radius 1 is 1.53 bits per heavy atom. The Kier molecular flexibility index (Phi) is 4.95. The molecular weight excluding hydrogens is 240 g/mol. The number of likely N-dealkylation sites (N-methyl/N-ethyl adjacent to an activating group) is 1. The molecule has 1 aliphatic rings. The third kappa shape index (κ3) is 3.64. The van der Waals surface area contributed by atoms with Crippen LogP contribution in [0.5, 0.6) is 0 Å². The number of rotatable bonds is 6. The summed E-state index contributed by atoms with van der Waals surface area (Å²) in [6.45, 7) is 5.60. The lowest BCUT2D eigenvalue weighted by atomic mass is 9.99. The summed E-state index contributed by atoms with van der Waals surface area (Å²) in [5.74, 6) is 0.530. The van der Waals surface area contributed by atoms with Crippen molar-refractivity contribution in [3.8, 4) is 0 Å². The molecule has 1 fully saturated rings. The van der Waals surface area contributed by atoms with Gasteiger partial charge in [0.05, 0.1) is 23.7 Å². The highest BCUT2D eigenvalue weighted by Gasteiger charge is 2.38. The molecule has 17 heavy (non-hydrogen) atoms. The van der Waals surface area contributed by atoms with Crippen LogP contribution in [0.4, 0.5) is 0 Å². The van der Waals surface area contributed by atoms with Crippen LogP contribution in [0.3, 0.4) is 0 Å². The lowest BCUT2D eigenvalue weighted by Crippen LogP contribution is -2.57. The molecule has 0 radical (unpaired) electrons. The van der Waals surface area contributed by atoms with Gasteiger partial charge in [-0.15, -0.1) is 0 Å². The van der Waals surface area contributed by atoms with E-state index in [0.29, 0.717) is 26.2 Å². The molecule has 0 aromatic heterocycles. The van der Waals surface area contributed by atoms with Gasteiger partial charge in [0.1, 0.15) is 0 Å². The third-order valence-electron chi connectivity index (χ3n) is 3.66. The van der Waals surface area contributed by atoms with Crippen molar-refractivity contribution in [2.45, 2.75) is 31.8 Å². The lowest BCUT2D eigenvalue weighted by Gasteiger charge is -2.41. The molecule has 1 heterocycles. The highest BCUT2D eigenvalue weighted by atomic mass is 32.2. The fraction of sp³-hybridized carbons (Fsp3) is 1.00. The minimum Gasteiger partial charge on any atom is -0.380 e. The molecule has 2 atom stereocenters. The van der Waals surface area contributed by atoms with E-state index in [1.165, 1.54) is 0 Å². The van der Waals surface area contributed by atoms with Gasteiger partial charge in [-0.3, -0.25) is 4.90 Å². The Bertz CT molecular complexity index is 345. The van der Waals surface area contributed by atoms with Crippen LogP contribution in [0.2, 0.25) is 0 Å². The summed E-state index contributed by atoms with van der Waals surface area (Å²) in [6.07, 6.45) is 0.695. The molecule has 1 aliphatic heterocycles. The maximum Gasteiger partial charge on any atom is 0.151 e. The highest BCUT2D eigenvalue weighted by molar-refractivity contribution is 7.91. The van der Waals surface area contributed by atoms with Gasteiger partial charge in [0, 0.05) is 19.2 Å². The van der Waals surface area contributed by atoms with Gasteiger partial charge >= 0.3 is 0 Å². The van der Waals surface area contributed by atoms with E-state index in [2.05, 4.69) is 4.90 Å². The molecule has 5 nitrogen and oxygen atoms in total. The number of hydrogen-bond acceptors (Lipinski definition) is 5. The number of hydrogen-bond donors (Lipinski definition) is 1. The van der Waals surface area contributed by atoms with Crippen molar-refractivity contribution in [2.75, 3.05) is 38.3 Å². The van der Waals surface area contributed by atoms with Crippen LogP contribution in [0.25, 0.3) is 0 Å². The first kappa shape index (κ1) is 14.9. The van der Waals surface area contributed by atoms with Crippen molar-refractivity contribution in [3.05, 3.63) is 0 Å². The molecule has 2 unspecified atom stereocenters. The van der Waals surface area contributed by atoms with Gasteiger partial charge in [-0.1, -0.05) is 0 Å². The van der Waals surface area contributed by atoms with Crippen LogP contribution in [0, 0.1) is 0 Å². The molecule has 0 bridgehead atoms. The van der Waals surface area contributed by atoms with Gasteiger partial charge < -0.3 is 10.5 Å². The van der Waals surface area contributed by atoms with E-state index in [1.807, 2.05) is 20.9 Å². The van der Waals surface area contributed by atoms with Gasteiger partial charge in [0.15, 0.2) is 9.84 Å². The first-order chi connectivity index (χ1) is 7.84. The second kappa shape index (κ2) is 5.65. The molecule has 0 aliphatic carbocycles. The van der Waals surface area contributed by atoms with Crippen molar-refractivity contribution in [2.24, 2.45) is 5.73 Å². The van der Waals surface area contributed by atoms with Crippen LogP contribution in [-0.2, 0) is 14.6 Å². The quantitative estimate of drug-likeness (QED) is 0.723. The van der Waals surface area contributed by atoms with Crippen molar-refractivity contribution in [1.29, 1.82) is 0 Å². The minimum absolute atomic E-state index is 0.0639. The van der Waals surface area contributed by atoms with E-state index in [-0.39, 0.29) is 23.1 Å². The van der Waals surface area contributed by atoms with Crippen LogP contribution in [0.15, 0.2) is 0 Å². The van der Waals surface area contributed by atoms with Crippen molar-refractivity contribution in [3.63, 3.8) is 0 Å². The Balaban J connectivity index is 2.69. The normalized spacial score (nSPS) is 27.2. The molecule has 0 aromatic carbocycles. The number of nitrogens with zero attached hydrogens (tertiary/aromatic N) is 1. The number of sulfone groups is 1. The van der Waals surface area contributed by atoms with Gasteiger partial charge in [-0.2, -0.15) is 0 Å². The van der Waals surface area contributed by atoms with E-state index in [9.17, 15) is 8.42 Å². The maximum absolute atomic E-state index is 11.5. The first-order valence-corrected chi connectivity index (χ1v) is 7.88. The van der Waals surface area contributed by atoms with Gasteiger partial charge in [-0.05, 0) is 27.3 Å². The predicted molar refractivity (Wildman–Crippen MR) is 68.8 cm³/mol. The summed E-state index contributed by atoms with van der Waals surface area (Å²) in [7, 11) is -0.911. The van der Waals surface area contributed by atoms with E-state index in [1.54, 1.807) is 0 Å². The van der Waals surface area contributed by atoms with Crippen molar-refractivity contribution < 1.29 is 13.2 Å². The molecule has 2 N–H and O–H groups in total. The molecule has 1 saturated heterocycles. The summed E-state index contributed by atoms with van der Waals surface area (Å²) in [6, 6.07) is 0.0639. The smallest absolute Gasteiger partial charge is 0.151 e. The zero-order valence-corrected chi connectivity index (χ0v) is 11.8. The Hall–Kier alpha value is -0.170. The standard InChI is InChI=1S/C11H24N2O3S/c1-4-16-9-11(2,8-12)13(3)10-5-6-17(14,15)7-10/h10H,4-9,12H2,1-3H3. The second-order valence-electron chi connectivity index (χ2n) is 5.01. The SMILES string of the molecule is CCOCC(C)(CN)N(C)C1CCS(=O)(=O)C1. The number of nitrogens with two attached hydrogens (primary N) is 1. The summed E-state index contributed by atoms with van der Waals surface area (Å²) in [4.78, 5) is 2.08. The molecule has 102 valence electrons. The molecule has 0 spiro atoms. The van der Waals surface area contributed by atoms with Gasteiger partial charge in [0.25, 0.3) is 0 Å². The lowest BCUT2D eigenvalue weighted by molar-refractivity contribution is 0.00743. The van der Waals surface area contributed by atoms with Crippen LogP contribution in [-0.4, -0.2) is 63.2 Å². The van der Waals surface area contributed by atoms with Crippen molar-refractivity contribution >= 4 is 9.84 Å². The molecule has 0 amide bonds. The van der Waals surface area contributed by atoms with E-state index < -0.39 is 9.84 Å². The average Bonchev–Trinajstić information content (AvgIpc) is 2.65. The Labute approximate surface area is 104 Å². The largest absolute Gasteiger partial charge is 0.380 e. The molecule has 6 heteroatoms. The Morgan fingerprint density at radius 3 is 2.59 bits per heavy atom. The molecule has 0 saturated carbocycles. The molecule has 0 aromatic rings. The monoisotopic (exact) mass is 264 g/mol. The highest BCUT2D eigenvalue weighted by Crippen LogP contribution is 2.23. The summed E-state index contributed by atoms with van der Waals surface area (Å²) in [5.41, 5.74) is 5.52. The first-order valence-electron chi connectivity index (χ1n) is 6.06. The predicted octanol–water partition coefficient (Wildman–Crippen LogP) is -0.141. The van der Waals surface area contributed by atoms with E-state index >= 15 is 0 Å². The second-order valence-corrected chi connectivity index (χ2v) is 7.23. The fourth-order valence-corrected chi connectivity index (χ4v) is 3.92. The summed E-state index contributed by atoms with van der Waals surface area (Å²) < 4.78 is 28.4. The van der Waals surface area contributed by atoms with Gasteiger partial charge in [0.2, 0.25) is 0 Å².